The summed E-state index contributed by atoms with van der Waals surface area (Å²) < 4.78 is 22.8. The van der Waals surface area contributed by atoms with Crippen LogP contribution in [-0.2, 0) is 9.84 Å². The van der Waals surface area contributed by atoms with Gasteiger partial charge in [0.1, 0.15) is 0 Å². The summed E-state index contributed by atoms with van der Waals surface area (Å²) in [6.07, 6.45) is 1.17. The van der Waals surface area contributed by atoms with Crippen molar-refractivity contribution >= 4 is 27.3 Å². The normalized spacial score (nSPS) is 11.4. The zero-order valence-corrected chi connectivity index (χ0v) is 11.5. The average molecular weight is 279 g/mol. The summed E-state index contributed by atoms with van der Waals surface area (Å²) in [6, 6.07) is 14.6. The largest absolute Gasteiger partial charge is 0.398 e. The Hall–Kier alpha value is -1.46. The topological polar surface area (TPSA) is 60.2 Å². The number of anilines is 1. The first-order chi connectivity index (χ1) is 8.47. The summed E-state index contributed by atoms with van der Waals surface area (Å²) in [5, 5.41) is 0. The van der Waals surface area contributed by atoms with Crippen LogP contribution in [0.1, 0.15) is 0 Å². The molecule has 94 valence electrons. The predicted octanol–water partition coefficient (Wildman–Crippen LogP) is 2.82. The van der Waals surface area contributed by atoms with Crippen molar-refractivity contribution in [3.8, 4) is 0 Å². The molecule has 5 heteroatoms. The third-order valence-electron chi connectivity index (χ3n) is 2.38. The fourth-order valence-corrected chi connectivity index (χ4v) is 2.98. The lowest BCUT2D eigenvalue weighted by atomic mass is 10.3. The molecule has 18 heavy (non-hydrogen) atoms. The number of nitrogen functional groups attached to an aromatic ring is 1. The van der Waals surface area contributed by atoms with Gasteiger partial charge in [-0.2, -0.15) is 0 Å². The highest BCUT2D eigenvalue weighted by Gasteiger charge is 2.10. The Morgan fingerprint density at radius 2 is 1.72 bits per heavy atom. The number of nitrogens with two attached hydrogens (primary N) is 1. The van der Waals surface area contributed by atoms with E-state index in [0.29, 0.717) is 5.69 Å². The molecule has 0 fully saturated rings. The molecule has 0 spiro atoms. The summed E-state index contributed by atoms with van der Waals surface area (Å²) in [5.74, 6) is 0. The summed E-state index contributed by atoms with van der Waals surface area (Å²) in [6.45, 7) is 0. The molecule has 0 aliphatic carbocycles. The molecular weight excluding hydrogens is 266 g/mol. The number of hydrogen-bond acceptors (Lipinski definition) is 4. The highest BCUT2D eigenvalue weighted by atomic mass is 32.2. The maximum atomic E-state index is 11.4. The van der Waals surface area contributed by atoms with E-state index < -0.39 is 9.84 Å². The smallest absolute Gasteiger partial charge is 0.175 e. The van der Waals surface area contributed by atoms with Gasteiger partial charge in [0.2, 0.25) is 0 Å². The average Bonchev–Trinajstić information content (AvgIpc) is 2.32. The van der Waals surface area contributed by atoms with Crippen molar-refractivity contribution in [2.45, 2.75) is 14.7 Å². The fourth-order valence-electron chi connectivity index (χ4n) is 1.47. The van der Waals surface area contributed by atoms with Crippen LogP contribution in [0.2, 0.25) is 0 Å². The maximum absolute atomic E-state index is 11.4. The molecule has 2 aromatic rings. The Morgan fingerprint density at radius 3 is 2.28 bits per heavy atom. The van der Waals surface area contributed by atoms with Crippen molar-refractivity contribution in [1.82, 2.24) is 0 Å². The maximum Gasteiger partial charge on any atom is 0.175 e. The molecule has 0 aliphatic rings. The first-order valence-electron chi connectivity index (χ1n) is 5.29. The van der Waals surface area contributed by atoms with Gasteiger partial charge in [-0.15, -0.1) is 0 Å². The molecule has 0 saturated carbocycles. The van der Waals surface area contributed by atoms with Crippen LogP contribution in [0.15, 0.2) is 63.2 Å². The number of hydrogen-bond donors (Lipinski definition) is 1. The van der Waals surface area contributed by atoms with Crippen molar-refractivity contribution in [1.29, 1.82) is 0 Å². The van der Waals surface area contributed by atoms with Gasteiger partial charge < -0.3 is 5.73 Å². The quantitative estimate of drug-likeness (QED) is 0.878. The molecule has 0 aromatic heterocycles. The van der Waals surface area contributed by atoms with E-state index in [2.05, 4.69) is 0 Å². The molecule has 2 aromatic carbocycles. The van der Waals surface area contributed by atoms with E-state index in [1.165, 1.54) is 24.1 Å². The van der Waals surface area contributed by atoms with E-state index in [1.54, 1.807) is 12.1 Å². The van der Waals surface area contributed by atoms with Gasteiger partial charge in [-0.1, -0.05) is 30.0 Å². The lowest BCUT2D eigenvalue weighted by Crippen LogP contribution is -1.99. The Labute approximate surface area is 111 Å². The van der Waals surface area contributed by atoms with Crippen LogP contribution in [0.5, 0.6) is 0 Å². The Kier molecular flexibility index (Phi) is 3.63. The van der Waals surface area contributed by atoms with Crippen LogP contribution < -0.4 is 5.73 Å². The molecule has 0 atom stereocenters. The molecule has 0 heterocycles. The molecule has 0 saturated heterocycles. The van der Waals surface area contributed by atoms with Crippen molar-refractivity contribution in [2.75, 3.05) is 12.0 Å². The summed E-state index contributed by atoms with van der Waals surface area (Å²) in [7, 11) is -3.20. The minimum Gasteiger partial charge on any atom is -0.398 e. The summed E-state index contributed by atoms with van der Waals surface area (Å²) in [5.41, 5.74) is 6.36. The Bertz CT molecular complexity index is 652. The Morgan fingerprint density at radius 1 is 1.06 bits per heavy atom. The predicted molar refractivity (Wildman–Crippen MR) is 74.5 cm³/mol. The highest BCUT2D eigenvalue weighted by molar-refractivity contribution is 7.99. The third kappa shape index (κ3) is 3.05. The second-order valence-electron chi connectivity index (χ2n) is 3.89. The molecule has 0 amide bonds. The summed E-state index contributed by atoms with van der Waals surface area (Å²) >= 11 is 1.51. The van der Waals surface area contributed by atoms with Gasteiger partial charge >= 0.3 is 0 Å². The lowest BCUT2D eigenvalue weighted by Gasteiger charge is -2.07. The van der Waals surface area contributed by atoms with Gasteiger partial charge in [0, 0.05) is 21.7 Å². The van der Waals surface area contributed by atoms with Gasteiger partial charge in [-0.3, -0.25) is 0 Å². The van der Waals surface area contributed by atoms with Crippen molar-refractivity contribution < 1.29 is 8.42 Å². The minimum absolute atomic E-state index is 0.248. The third-order valence-corrected chi connectivity index (χ3v) is 4.59. The van der Waals surface area contributed by atoms with Crippen LogP contribution in [0.3, 0.4) is 0 Å². The van der Waals surface area contributed by atoms with E-state index in [0.717, 1.165) is 9.79 Å². The molecule has 2 rings (SSSR count). The highest BCUT2D eigenvalue weighted by Crippen LogP contribution is 2.33. The van der Waals surface area contributed by atoms with Gasteiger partial charge in [-0.05, 0) is 30.3 Å². The van der Waals surface area contributed by atoms with E-state index in [1.807, 2.05) is 30.3 Å². The molecule has 3 nitrogen and oxygen atoms in total. The van der Waals surface area contributed by atoms with Gasteiger partial charge in [0.25, 0.3) is 0 Å². The number of sulfone groups is 1. The molecule has 0 aliphatic heterocycles. The van der Waals surface area contributed by atoms with E-state index in [-0.39, 0.29) is 4.90 Å². The SMILES string of the molecule is CS(=O)(=O)c1ccc(Sc2ccccc2)c(N)c1. The molecule has 0 unspecified atom stereocenters. The lowest BCUT2D eigenvalue weighted by molar-refractivity contribution is 0.602. The van der Waals surface area contributed by atoms with Crippen LogP contribution in [0.25, 0.3) is 0 Å². The number of benzene rings is 2. The number of rotatable bonds is 3. The van der Waals surface area contributed by atoms with Gasteiger partial charge in [0.05, 0.1) is 4.90 Å². The first-order valence-corrected chi connectivity index (χ1v) is 8.00. The van der Waals surface area contributed by atoms with E-state index >= 15 is 0 Å². The standard InChI is InChI=1S/C13H13NO2S2/c1-18(15,16)11-7-8-13(12(14)9-11)17-10-5-3-2-4-6-10/h2-9H,14H2,1H3. The van der Waals surface area contributed by atoms with E-state index in [9.17, 15) is 8.42 Å². The minimum atomic E-state index is -3.20. The summed E-state index contributed by atoms with van der Waals surface area (Å²) in [4.78, 5) is 2.17. The Balaban J connectivity index is 2.32. The van der Waals surface area contributed by atoms with Crippen molar-refractivity contribution in [3.63, 3.8) is 0 Å². The monoisotopic (exact) mass is 279 g/mol. The van der Waals surface area contributed by atoms with Crippen LogP contribution in [-0.4, -0.2) is 14.7 Å². The van der Waals surface area contributed by atoms with Crippen LogP contribution in [0, 0.1) is 0 Å². The van der Waals surface area contributed by atoms with E-state index in [4.69, 9.17) is 5.73 Å². The van der Waals surface area contributed by atoms with Crippen molar-refractivity contribution in [2.24, 2.45) is 0 Å². The molecule has 0 bridgehead atoms. The van der Waals surface area contributed by atoms with Crippen LogP contribution in [0.4, 0.5) is 5.69 Å². The van der Waals surface area contributed by atoms with Crippen molar-refractivity contribution in [3.05, 3.63) is 48.5 Å². The molecule has 0 radical (unpaired) electrons. The zero-order valence-electron chi connectivity index (χ0n) is 9.83. The first kappa shape index (κ1) is 13.0. The van der Waals surface area contributed by atoms with Gasteiger partial charge in [0.15, 0.2) is 9.84 Å². The fraction of sp³-hybridized carbons (Fsp3) is 0.0769. The van der Waals surface area contributed by atoms with Crippen LogP contribution >= 0.6 is 11.8 Å². The van der Waals surface area contributed by atoms with Gasteiger partial charge in [-0.25, -0.2) is 8.42 Å². The second kappa shape index (κ2) is 5.04. The zero-order chi connectivity index (χ0) is 13.2. The second-order valence-corrected chi connectivity index (χ2v) is 7.02. The molecule has 2 N–H and O–H groups in total. The molecular formula is C13H13NO2S2.